The number of pyridine rings is 1. The molecule has 1 aromatic rings. The zero-order chi connectivity index (χ0) is 15.9. The van der Waals surface area contributed by atoms with Crippen LogP contribution in [0.4, 0.5) is 0 Å². The summed E-state index contributed by atoms with van der Waals surface area (Å²) in [5.41, 5.74) is 1.00. The maximum atomic E-state index is 12.2. The summed E-state index contributed by atoms with van der Waals surface area (Å²) in [6.45, 7) is 4.45. The normalized spacial score (nSPS) is 21.4. The predicted octanol–water partition coefficient (Wildman–Crippen LogP) is 2.03. The lowest BCUT2D eigenvalue weighted by atomic mass is 9.81. The van der Waals surface area contributed by atoms with Gasteiger partial charge in [0.25, 0.3) is 0 Å². The van der Waals surface area contributed by atoms with Crippen molar-refractivity contribution in [2.45, 2.75) is 52.1 Å². The highest BCUT2D eigenvalue weighted by atomic mass is 16.2. The van der Waals surface area contributed by atoms with Gasteiger partial charge in [-0.15, -0.1) is 0 Å². The van der Waals surface area contributed by atoms with E-state index in [1.54, 1.807) is 12.4 Å². The van der Waals surface area contributed by atoms with Gasteiger partial charge < -0.3 is 10.6 Å². The third kappa shape index (κ3) is 4.83. The maximum Gasteiger partial charge on any atom is 0.223 e. The molecule has 0 spiro atoms. The van der Waals surface area contributed by atoms with Gasteiger partial charge in [0, 0.05) is 36.8 Å². The zero-order valence-electron chi connectivity index (χ0n) is 13.3. The van der Waals surface area contributed by atoms with E-state index in [2.05, 4.69) is 15.6 Å². The Morgan fingerprint density at radius 1 is 1.18 bits per heavy atom. The largest absolute Gasteiger partial charge is 0.354 e. The maximum absolute atomic E-state index is 12.2. The van der Waals surface area contributed by atoms with Crippen LogP contribution in [0.2, 0.25) is 0 Å². The lowest BCUT2D eigenvalue weighted by Crippen LogP contribution is -2.39. The fraction of sp³-hybridized carbons (Fsp3) is 0.588. The summed E-state index contributed by atoms with van der Waals surface area (Å²) in [5.74, 6) is 0.306. The smallest absolute Gasteiger partial charge is 0.223 e. The quantitative estimate of drug-likeness (QED) is 0.874. The number of nitrogens with zero attached hydrogens (tertiary/aromatic N) is 1. The van der Waals surface area contributed by atoms with Crippen LogP contribution in [0.5, 0.6) is 0 Å². The minimum atomic E-state index is 0.0276. The van der Waals surface area contributed by atoms with E-state index in [0.29, 0.717) is 6.54 Å². The molecule has 1 aliphatic carbocycles. The first kappa shape index (κ1) is 16.5. The van der Waals surface area contributed by atoms with Gasteiger partial charge in [0.05, 0.1) is 0 Å². The van der Waals surface area contributed by atoms with Crippen molar-refractivity contribution in [2.75, 3.05) is 0 Å². The molecule has 1 saturated carbocycles. The number of nitrogens with one attached hydrogen (secondary N) is 2. The zero-order valence-corrected chi connectivity index (χ0v) is 13.3. The Hall–Kier alpha value is -1.91. The average molecular weight is 303 g/mol. The van der Waals surface area contributed by atoms with Crippen LogP contribution in [0.15, 0.2) is 24.5 Å². The lowest BCUT2D eigenvalue weighted by Gasteiger charge is -2.27. The summed E-state index contributed by atoms with van der Waals surface area (Å²) < 4.78 is 0. The molecule has 0 aliphatic heterocycles. The molecule has 0 bridgehead atoms. The van der Waals surface area contributed by atoms with Gasteiger partial charge in [-0.3, -0.25) is 14.6 Å². The first-order valence-electron chi connectivity index (χ1n) is 8.03. The molecule has 2 rings (SSSR count). The van der Waals surface area contributed by atoms with Gasteiger partial charge in [-0.05, 0) is 51.2 Å². The van der Waals surface area contributed by atoms with E-state index in [0.717, 1.165) is 31.2 Å². The highest BCUT2D eigenvalue weighted by Gasteiger charge is 2.29. The number of aromatic nitrogens is 1. The van der Waals surface area contributed by atoms with Crippen molar-refractivity contribution in [3.8, 4) is 0 Å². The number of amides is 2. The van der Waals surface area contributed by atoms with Gasteiger partial charge in [-0.2, -0.15) is 0 Å². The van der Waals surface area contributed by atoms with Gasteiger partial charge >= 0.3 is 0 Å². The minimum absolute atomic E-state index is 0.0276. The van der Waals surface area contributed by atoms with Crippen LogP contribution in [0, 0.1) is 11.8 Å². The standard InChI is InChI=1S/C17H25N3O2/c1-12(2)20-17(22)15-7-5-14(6-8-15)16(21)19-11-13-4-3-9-18-10-13/h3-4,9-10,12,14-15H,5-8,11H2,1-2H3,(H,19,21)(H,20,22). The van der Waals surface area contributed by atoms with Crippen LogP contribution in [0.1, 0.15) is 45.1 Å². The van der Waals surface area contributed by atoms with E-state index in [1.807, 2.05) is 26.0 Å². The van der Waals surface area contributed by atoms with Crippen LogP contribution in [-0.4, -0.2) is 22.8 Å². The third-order valence-corrected chi connectivity index (χ3v) is 4.09. The molecule has 0 unspecified atom stereocenters. The molecule has 1 heterocycles. The molecule has 1 fully saturated rings. The van der Waals surface area contributed by atoms with Crippen molar-refractivity contribution in [3.05, 3.63) is 30.1 Å². The van der Waals surface area contributed by atoms with Gasteiger partial charge in [-0.25, -0.2) is 0 Å². The van der Waals surface area contributed by atoms with E-state index in [-0.39, 0.29) is 29.7 Å². The number of hydrogen-bond acceptors (Lipinski definition) is 3. The van der Waals surface area contributed by atoms with E-state index >= 15 is 0 Å². The fourth-order valence-electron chi connectivity index (χ4n) is 2.86. The Morgan fingerprint density at radius 3 is 2.36 bits per heavy atom. The summed E-state index contributed by atoms with van der Waals surface area (Å²) in [5, 5.41) is 5.92. The molecule has 0 aromatic carbocycles. The Morgan fingerprint density at radius 2 is 1.82 bits per heavy atom. The molecule has 0 atom stereocenters. The van der Waals surface area contributed by atoms with E-state index < -0.39 is 0 Å². The molecule has 0 saturated heterocycles. The highest BCUT2D eigenvalue weighted by Crippen LogP contribution is 2.29. The van der Waals surface area contributed by atoms with Gasteiger partial charge in [0.2, 0.25) is 11.8 Å². The average Bonchev–Trinajstić information content (AvgIpc) is 2.53. The third-order valence-electron chi connectivity index (χ3n) is 4.09. The summed E-state index contributed by atoms with van der Waals surface area (Å²) >= 11 is 0. The first-order valence-corrected chi connectivity index (χ1v) is 8.03. The number of carbonyl (C=O) groups excluding carboxylic acids is 2. The Bertz CT molecular complexity index is 494. The van der Waals surface area contributed by atoms with Crippen molar-refractivity contribution in [3.63, 3.8) is 0 Å². The first-order chi connectivity index (χ1) is 10.6. The Balaban J connectivity index is 1.74. The number of carbonyl (C=O) groups is 2. The molecule has 2 N–H and O–H groups in total. The molecule has 5 heteroatoms. The Kier molecular flexibility index (Phi) is 5.92. The number of rotatable bonds is 5. The van der Waals surface area contributed by atoms with Crippen molar-refractivity contribution >= 4 is 11.8 Å². The summed E-state index contributed by atoms with van der Waals surface area (Å²) in [6.07, 6.45) is 6.64. The van der Waals surface area contributed by atoms with E-state index in [4.69, 9.17) is 0 Å². The monoisotopic (exact) mass is 303 g/mol. The molecule has 5 nitrogen and oxygen atoms in total. The molecular weight excluding hydrogens is 278 g/mol. The van der Waals surface area contributed by atoms with Crippen LogP contribution in [-0.2, 0) is 16.1 Å². The van der Waals surface area contributed by atoms with Crippen LogP contribution in [0.25, 0.3) is 0 Å². The second kappa shape index (κ2) is 7.92. The highest BCUT2D eigenvalue weighted by molar-refractivity contribution is 5.81. The van der Waals surface area contributed by atoms with Gasteiger partial charge in [-0.1, -0.05) is 6.07 Å². The van der Waals surface area contributed by atoms with Crippen LogP contribution in [0.3, 0.4) is 0 Å². The lowest BCUT2D eigenvalue weighted by molar-refractivity contribution is -0.130. The van der Waals surface area contributed by atoms with E-state index in [1.165, 1.54) is 0 Å². The molecule has 1 aliphatic rings. The van der Waals surface area contributed by atoms with E-state index in [9.17, 15) is 9.59 Å². The minimum Gasteiger partial charge on any atom is -0.354 e. The predicted molar refractivity (Wildman–Crippen MR) is 84.8 cm³/mol. The summed E-state index contributed by atoms with van der Waals surface area (Å²) in [7, 11) is 0. The second-order valence-corrected chi connectivity index (χ2v) is 6.29. The van der Waals surface area contributed by atoms with Crippen molar-refractivity contribution in [2.24, 2.45) is 11.8 Å². The molecule has 2 amide bonds. The van der Waals surface area contributed by atoms with Crippen LogP contribution >= 0.6 is 0 Å². The van der Waals surface area contributed by atoms with Crippen molar-refractivity contribution in [1.29, 1.82) is 0 Å². The molecule has 22 heavy (non-hydrogen) atoms. The summed E-state index contributed by atoms with van der Waals surface area (Å²) in [4.78, 5) is 28.2. The fourth-order valence-corrected chi connectivity index (χ4v) is 2.86. The molecular formula is C17H25N3O2. The van der Waals surface area contributed by atoms with Crippen molar-refractivity contribution < 1.29 is 9.59 Å². The summed E-state index contributed by atoms with van der Waals surface area (Å²) in [6, 6.07) is 3.98. The van der Waals surface area contributed by atoms with Crippen molar-refractivity contribution in [1.82, 2.24) is 15.6 Å². The molecule has 0 radical (unpaired) electrons. The molecule has 1 aromatic heterocycles. The van der Waals surface area contributed by atoms with Crippen LogP contribution < -0.4 is 10.6 Å². The SMILES string of the molecule is CC(C)NC(=O)C1CCC(C(=O)NCc2cccnc2)CC1. The van der Waals surface area contributed by atoms with Gasteiger partial charge in [0.15, 0.2) is 0 Å². The Labute approximate surface area is 131 Å². The second-order valence-electron chi connectivity index (χ2n) is 6.29. The molecule has 120 valence electrons. The number of hydrogen-bond donors (Lipinski definition) is 2. The van der Waals surface area contributed by atoms with Gasteiger partial charge in [0.1, 0.15) is 0 Å². The topological polar surface area (TPSA) is 71.1 Å².